The van der Waals surface area contributed by atoms with E-state index in [9.17, 15) is 9.59 Å². The van der Waals surface area contributed by atoms with Gasteiger partial charge in [0.25, 0.3) is 0 Å². The quantitative estimate of drug-likeness (QED) is 0.896. The van der Waals surface area contributed by atoms with Crippen LogP contribution in [-0.4, -0.2) is 46.6 Å². The minimum Gasteiger partial charge on any atom is -0.337 e. The van der Waals surface area contributed by atoms with Crippen LogP contribution in [0.5, 0.6) is 0 Å². The molecule has 2 aromatic rings. The Balaban J connectivity index is 1.59. The maximum atomic E-state index is 12.3. The smallest absolute Gasteiger partial charge is 0.317 e. The van der Waals surface area contributed by atoms with Crippen LogP contribution in [-0.2, 0) is 11.3 Å². The number of hydrogen-bond donors (Lipinski definition) is 1. The Kier molecular flexibility index (Phi) is 4.89. The number of nitrogens with one attached hydrogen (secondary N) is 1. The number of halogens is 1. The predicted molar refractivity (Wildman–Crippen MR) is 91.2 cm³/mol. The van der Waals surface area contributed by atoms with Crippen molar-refractivity contribution in [1.29, 1.82) is 0 Å². The molecule has 1 aliphatic heterocycles. The fourth-order valence-electron chi connectivity index (χ4n) is 2.67. The highest BCUT2D eigenvalue weighted by Crippen LogP contribution is 2.29. The second-order valence-corrected chi connectivity index (χ2v) is 6.30. The van der Waals surface area contributed by atoms with Gasteiger partial charge in [-0.3, -0.25) is 4.79 Å². The molecule has 2 heterocycles. The normalized spacial score (nSPS) is 17.0. The Hall–Kier alpha value is -2.61. The van der Waals surface area contributed by atoms with E-state index in [0.717, 1.165) is 0 Å². The van der Waals surface area contributed by atoms with Gasteiger partial charge in [0, 0.05) is 20.0 Å². The summed E-state index contributed by atoms with van der Waals surface area (Å²) in [6, 6.07) is 6.54. The van der Waals surface area contributed by atoms with Crippen molar-refractivity contribution in [2.24, 2.45) is 0 Å². The molecule has 1 saturated heterocycles. The number of aromatic nitrogens is 2. The van der Waals surface area contributed by atoms with Gasteiger partial charge in [-0.15, -0.1) is 0 Å². The summed E-state index contributed by atoms with van der Waals surface area (Å²) in [7, 11) is 1.62. The molecule has 1 aromatic heterocycles. The molecule has 0 radical (unpaired) electrons. The summed E-state index contributed by atoms with van der Waals surface area (Å²) in [4.78, 5) is 31.6. The van der Waals surface area contributed by atoms with Gasteiger partial charge in [-0.25, -0.2) is 4.79 Å². The number of benzene rings is 1. The molecule has 3 rings (SSSR count). The molecule has 1 atom stereocenters. The van der Waals surface area contributed by atoms with Gasteiger partial charge in [0.15, 0.2) is 5.82 Å². The van der Waals surface area contributed by atoms with Gasteiger partial charge in [0.2, 0.25) is 11.8 Å². The van der Waals surface area contributed by atoms with Crippen LogP contribution in [0.3, 0.4) is 0 Å². The SMILES string of the molecule is Cc1noc(CN(C)C(=O)NC2CC(=O)N(c3ccccc3Cl)C2)n1. The fourth-order valence-corrected chi connectivity index (χ4v) is 2.91. The largest absolute Gasteiger partial charge is 0.337 e. The van der Waals surface area contributed by atoms with Gasteiger partial charge < -0.3 is 19.6 Å². The van der Waals surface area contributed by atoms with E-state index in [0.29, 0.717) is 29.0 Å². The molecule has 132 valence electrons. The molecule has 1 aliphatic rings. The van der Waals surface area contributed by atoms with E-state index in [2.05, 4.69) is 15.5 Å². The Bertz CT molecular complexity index is 794. The number of aryl methyl sites for hydroxylation is 1. The Morgan fingerprint density at radius 3 is 2.92 bits per heavy atom. The molecule has 0 bridgehead atoms. The third-order valence-corrected chi connectivity index (χ3v) is 4.20. The van der Waals surface area contributed by atoms with Crippen LogP contribution in [0, 0.1) is 6.92 Å². The van der Waals surface area contributed by atoms with E-state index < -0.39 is 0 Å². The summed E-state index contributed by atoms with van der Waals surface area (Å²) >= 11 is 6.15. The van der Waals surface area contributed by atoms with Gasteiger partial charge in [-0.05, 0) is 19.1 Å². The number of carbonyl (C=O) groups excluding carboxylic acids is 2. The maximum absolute atomic E-state index is 12.3. The van der Waals surface area contributed by atoms with Gasteiger partial charge >= 0.3 is 6.03 Å². The second-order valence-electron chi connectivity index (χ2n) is 5.90. The molecule has 9 heteroatoms. The van der Waals surface area contributed by atoms with Crippen LogP contribution in [0.2, 0.25) is 5.02 Å². The van der Waals surface area contributed by atoms with Gasteiger partial charge in [0.05, 0.1) is 16.8 Å². The molecule has 0 spiro atoms. The zero-order chi connectivity index (χ0) is 18.0. The molecule has 1 unspecified atom stereocenters. The Labute approximate surface area is 149 Å². The minimum atomic E-state index is -0.310. The Morgan fingerprint density at radius 2 is 2.24 bits per heavy atom. The van der Waals surface area contributed by atoms with Crippen molar-refractivity contribution in [3.8, 4) is 0 Å². The van der Waals surface area contributed by atoms with Crippen molar-refractivity contribution < 1.29 is 14.1 Å². The molecular formula is C16H18ClN5O3. The van der Waals surface area contributed by atoms with Crippen molar-refractivity contribution >= 4 is 29.2 Å². The molecule has 0 saturated carbocycles. The van der Waals surface area contributed by atoms with E-state index in [-0.39, 0.29) is 30.9 Å². The van der Waals surface area contributed by atoms with E-state index in [1.807, 2.05) is 6.07 Å². The van der Waals surface area contributed by atoms with Gasteiger partial charge in [-0.2, -0.15) is 4.98 Å². The molecule has 8 nitrogen and oxygen atoms in total. The standard InChI is InChI=1S/C16H18ClN5O3/c1-10-18-14(25-20-10)9-21(2)16(24)19-11-7-15(23)22(8-11)13-6-4-3-5-12(13)17/h3-6,11H,7-9H2,1-2H3,(H,19,24). The molecule has 1 fully saturated rings. The highest BCUT2D eigenvalue weighted by atomic mass is 35.5. The molecule has 3 amide bonds. The van der Waals surface area contributed by atoms with Crippen LogP contribution < -0.4 is 10.2 Å². The average molecular weight is 364 g/mol. The Morgan fingerprint density at radius 1 is 1.48 bits per heavy atom. The van der Waals surface area contributed by atoms with Crippen LogP contribution in [0.15, 0.2) is 28.8 Å². The lowest BCUT2D eigenvalue weighted by Gasteiger charge is -2.20. The van der Waals surface area contributed by atoms with E-state index >= 15 is 0 Å². The molecule has 1 N–H and O–H groups in total. The highest BCUT2D eigenvalue weighted by Gasteiger charge is 2.33. The number of rotatable bonds is 4. The maximum Gasteiger partial charge on any atom is 0.317 e. The summed E-state index contributed by atoms with van der Waals surface area (Å²) in [6.07, 6.45) is 0.227. The zero-order valence-electron chi connectivity index (χ0n) is 13.9. The molecular weight excluding hydrogens is 346 g/mol. The van der Waals surface area contributed by atoms with E-state index in [4.69, 9.17) is 16.1 Å². The number of amides is 3. The summed E-state index contributed by atoms with van der Waals surface area (Å²) in [5, 5.41) is 7.04. The lowest BCUT2D eigenvalue weighted by atomic mass is 10.2. The lowest BCUT2D eigenvalue weighted by molar-refractivity contribution is -0.117. The van der Waals surface area contributed by atoms with Crippen LogP contribution in [0.25, 0.3) is 0 Å². The number of anilines is 1. The van der Waals surface area contributed by atoms with Crippen molar-refractivity contribution in [3.63, 3.8) is 0 Å². The summed E-state index contributed by atoms with van der Waals surface area (Å²) in [5.41, 5.74) is 0.653. The van der Waals surface area contributed by atoms with Crippen LogP contribution in [0.4, 0.5) is 10.5 Å². The second kappa shape index (κ2) is 7.10. The number of nitrogens with zero attached hydrogens (tertiary/aromatic N) is 4. The fraction of sp³-hybridized carbons (Fsp3) is 0.375. The first kappa shape index (κ1) is 17.2. The zero-order valence-corrected chi connectivity index (χ0v) is 14.7. The van der Waals surface area contributed by atoms with Crippen molar-refractivity contribution in [1.82, 2.24) is 20.4 Å². The first-order chi connectivity index (χ1) is 11.9. The van der Waals surface area contributed by atoms with Gasteiger partial charge in [-0.1, -0.05) is 28.9 Å². The van der Waals surface area contributed by atoms with E-state index in [1.54, 1.807) is 37.1 Å². The van der Waals surface area contributed by atoms with Gasteiger partial charge in [0.1, 0.15) is 6.54 Å². The number of para-hydroxylation sites is 1. The third kappa shape index (κ3) is 3.90. The monoisotopic (exact) mass is 363 g/mol. The molecule has 25 heavy (non-hydrogen) atoms. The van der Waals surface area contributed by atoms with Crippen LogP contribution in [0.1, 0.15) is 18.1 Å². The molecule has 0 aliphatic carbocycles. The number of hydrogen-bond acceptors (Lipinski definition) is 5. The minimum absolute atomic E-state index is 0.0754. The number of urea groups is 1. The van der Waals surface area contributed by atoms with E-state index in [1.165, 1.54) is 4.90 Å². The summed E-state index contributed by atoms with van der Waals surface area (Å²) < 4.78 is 5.00. The van der Waals surface area contributed by atoms with Crippen LogP contribution >= 0.6 is 11.6 Å². The third-order valence-electron chi connectivity index (χ3n) is 3.88. The van der Waals surface area contributed by atoms with Crippen molar-refractivity contribution in [2.45, 2.75) is 25.9 Å². The number of carbonyl (C=O) groups is 2. The summed E-state index contributed by atoms with van der Waals surface area (Å²) in [6.45, 7) is 2.28. The summed E-state index contributed by atoms with van der Waals surface area (Å²) in [5.74, 6) is 0.796. The molecule has 1 aromatic carbocycles. The average Bonchev–Trinajstić information content (AvgIpc) is 3.13. The van der Waals surface area contributed by atoms with Crippen molar-refractivity contribution in [2.75, 3.05) is 18.5 Å². The predicted octanol–water partition coefficient (Wildman–Crippen LogP) is 1.98. The first-order valence-electron chi connectivity index (χ1n) is 7.79. The topological polar surface area (TPSA) is 91.6 Å². The lowest BCUT2D eigenvalue weighted by Crippen LogP contribution is -2.44. The first-order valence-corrected chi connectivity index (χ1v) is 8.17. The van der Waals surface area contributed by atoms with Crippen molar-refractivity contribution in [3.05, 3.63) is 41.0 Å². The highest BCUT2D eigenvalue weighted by molar-refractivity contribution is 6.33.